The predicted octanol–water partition coefficient (Wildman–Crippen LogP) is 2.96. The molecule has 4 unspecified atom stereocenters. The first kappa shape index (κ1) is 18.6. The smallest absolute Gasteiger partial charge is 0.397 e. The zero-order valence-corrected chi connectivity index (χ0v) is 15.6. The van der Waals surface area contributed by atoms with Crippen molar-refractivity contribution in [1.29, 1.82) is 0 Å². The van der Waals surface area contributed by atoms with Crippen molar-refractivity contribution < 1.29 is 22.7 Å². The monoisotopic (exact) mass is 415 g/mol. The first-order chi connectivity index (χ1) is 13.0. The van der Waals surface area contributed by atoms with Crippen molar-refractivity contribution >= 4 is 26.0 Å². The second-order valence-electron chi connectivity index (χ2n) is 6.06. The topological polar surface area (TPSA) is 97.8 Å². The molecule has 2 aliphatic rings. The number of ether oxygens (including phenoxy) is 1. The SMILES string of the molecule is Nc1nc(=O)n(C2OC(COP3OCc4ccccc4O3)CC2F)cc1Cl. The summed E-state index contributed by atoms with van der Waals surface area (Å²) >= 11 is 5.87. The Bertz CT molecular complexity index is 901. The van der Waals surface area contributed by atoms with Crippen molar-refractivity contribution in [2.45, 2.75) is 31.5 Å². The van der Waals surface area contributed by atoms with Gasteiger partial charge in [-0.3, -0.25) is 13.6 Å². The van der Waals surface area contributed by atoms with Crippen molar-refractivity contribution in [3.63, 3.8) is 0 Å². The molecule has 1 saturated heterocycles. The van der Waals surface area contributed by atoms with Gasteiger partial charge in [0.15, 0.2) is 6.23 Å². The summed E-state index contributed by atoms with van der Waals surface area (Å²) in [5.74, 6) is 0.596. The van der Waals surface area contributed by atoms with Crippen LogP contribution in [0, 0.1) is 0 Å². The van der Waals surface area contributed by atoms with E-state index >= 15 is 0 Å². The third-order valence-electron chi connectivity index (χ3n) is 4.17. The molecular weight excluding hydrogens is 400 g/mol. The highest BCUT2D eigenvalue weighted by Crippen LogP contribution is 2.47. The number of nitrogen functional groups attached to an aromatic ring is 1. The van der Waals surface area contributed by atoms with Crippen molar-refractivity contribution in [3.8, 4) is 5.75 Å². The summed E-state index contributed by atoms with van der Waals surface area (Å²) in [5, 5.41) is 0.0521. The van der Waals surface area contributed by atoms with Gasteiger partial charge in [-0.15, -0.1) is 0 Å². The van der Waals surface area contributed by atoms with Gasteiger partial charge in [0.05, 0.1) is 24.3 Å². The lowest BCUT2D eigenvalue weighted by atomic mass is 10.2. The largest absolute Gasteiger partial charge is 0.426 e. The highest BCUT2D eigenvalue weighted by Gasteiger charge is 2.38. The van der Waals surface area contributed by atoms with E-state index in [9.17, 15) is 9.18 Å². The molecule has 0 amide bonds. The highest BCUT2D eigenvalue weighted by atomic mass is 35.5. The molecule has 1 fully saturated rings. The van der Waals surface area contributed by atoms with Gasteiger partial charge in [-0.25, -0.2) is 9.18 Å². The first-order valence-corrected chi connectivity index (χ1v) is 9.64. The van der Waals surface area contributed by atoms with Crippen LogP contribution in [0.3, 0.4) is 0 Å². The molecule has 0 bridgehead atoms. The van der Waals surface area contributed by atoms with Gasteiger partial charge in [-0.1, -0.05) is 29.8 Å². The molecule has 0 radical (unpaired) electrons. The van der Waals surface area contributed by atoms with Crippen molar-refractivity contribution in [3.05, 3.63) is 51.5 Å². The third-order valence-corrected chi connectivity index (χ3v) is 5.51. The van der Waals surface area contributed by atoms with Crippen LogP contribution in [0.15, 0.2) is 35.3 Å². The molecular formula is C16H16ClFN3O5P. The molecule has 144 valence electrons. The fourth-order valence-corrected chi connectivity index (χ4v) is 4.04. The van der Waals surface area contributed by atoms with E-state index in [1.54, 1.807) is 0 Å². The van der Waals surface area contributed by atoms with Crippen molar-refractivity contribution in [1.82, 2.24) is 9.55 Å². The van der Waals surface area contributed by atoms with E-state index < -0.39 is 32.8 Å². The van der Waals surface area contributed by atoms with E-state index in [4.69, 9.17) is 35.6 Å². The molecule has 0 saturated carbocycles. The third kappa shape index (κ3) is 3.93. The van der Waals surface area contributed by atoms with Crippen LogP contribution in [0.4, 0.5) is 10.2 Å². The van der Waals surface area contributed by atoms with Crippen LogP contribution >= 0.6 is 20.2 Å². The van der Waals surface area contributed by atoms with Gasteiger partial charge >= 0.3 is 14.3 Å². The normalized spacial score (nSPS) is 27.2. The number of anilines is 1. The van der Waals surface area contributed by atoms with Gasteiger partial charge in [0, 0.05) is 18.2 Å². The van der Waals surface area contributed by atoms with E-state index in [-0.39, 0.29) is 23.9 Å². The summed E-state index contributed by atoms with van der Waals surface area (Å²) in [6.45, 7) is 0.447. The molecule has 11 heteroatoms. The molecule has 0 spiro atoms. The average Bonchev–Trinajstić information content (AvgIpc) is 3.03. The maximum Gasteiger partial charge on any atom is 0.397 e. The van der Waals surface area contributed by atoms with E-state index in [0.717, 1.165) is 10.1 Å². The van der Waals surface area contributed by atoms with Gasteiger partial charge < -0.3 is 15.0 Å². The lowest BCUT2D eigenvalue weighted by Gasteiger charge is -2.24. The standard InChI is InChI=1S/C16H16ClFN3O5P/c17-11-6-21(16(22)20-14(11)19)15-12(18)5-10(25-15)8-24-27-23-7-9-3-1-2-4-13(9)26-27/h1-4,6,10,12,15H,5,7-8H2,(H2,19,20,22). The van der Waals surface area contributed by atoms with Crippen molar-refractivity contribution in [2.75, 3.05) is 12.3 Å². The zero-order chi connectivity index (χ0) is 19.0. The number of alkyl halides is 1. The molecule has 2 aromatic rings. The predicted molar refractivity (Wildman–Crippen MR) is 96.1 cm³/mol. The number of para-hydroxylation sites is 1. The van der Waals surface area contributed by atoms with Gasteiger partial charge in [-0.2, -0.15) is 4.98 Å². The number of nitrogens with zero attached hydrogens (tertiary/aromatic N) is 2. The van der Waals surface area contributed by atoms with Crippen LogP contribution in [0.1, 0.15) is 18.2 Å². The Labute approximate surface area is 159 Å². The lowest BCUT2D eigenvalue weighted by Crippen LogP contribution is -2.31. The van der Waals surface area contributed by atoms with E-state index in [1.165, 1.54) is 6.20 Å². The number of nitrogens with two attached hydrogens (primary N) is 1. The van der Waals surface area contributed by atoms with Crippen LogP contribution in [-0.2, 0) is 20.4 Å². The summed E-state index contributed by atoms with van der Waals surface area (Å²) in [6, 6.07) is 7.50. The molecule has 3 heterocycles. The Hall–Kier alpha value is -1.77. The lowest BCUT2D eigenvalue weighted by molar-refractivity contribution is -0.0377. The molecule has 27 heavy (non-hydrogen) atoms. The number of hydrogen-bond donors (Lipinski definition) is 1. The fraction of sp³-hybridized carbons (Fsp3) is 0.375. The Kier molecular flexibility index (Phi) is 5.29. The van der Waals surface area contributed by atoms with Crippen molar-refractivity contribution in [2.24, 2.45) is 0 Å². The van der Waals surface area contributed by atoms with Crippen LogP contribution in [-0.4, -0.2) is 28.4 Å². The van der Waals surface area contributed by atoms with E-state index in [2.05, 4.69) is 4.98 Å². The number of benzene rings is 1. The number of rotatable bonds is 4. The first-order valence-electron chi connectivity index (χ1n) is 8.17. The quantitative estimate of drug-likeness (QED) is 0.766. The molecule has 2 N–H and O–H groups in total. The van der Waals surface area contributed by atoms with Gasteiger partial charge in [0.1, 0.15) is 17.7 Å². The summed E-state index contributed by atoms with van der Waals surface area (Å²) in [4.78, 5) is 15.5. The number of aromatic nitrogens is 2. The molecule has 1 aromatic heterocycles. The molecule has 4 rings (SSSR count). The fourth-order valence-electron chi connectivity index (χ4n) is 2.84. The molecule has 4 atom stereocenters. The Balaban J connectivity index is 1.37. The zero-order valence-electron chi connectivity index (χ0n) is 14.0. The maximum atomic E-state index is 14.4. The minimum absolute atomic E-state index is 0.0521. The molecule has 2 aliphatic heterocycles. The Morgan fingerprint density at radius 3 is 3.11 bits per heavy atom. The summed E-state index contributed by atoms with van der Waals surface area (Å²) in [6.07, 6.45) is -1.85. The average molecular weight is 416 g/mol. The number of hydrogen-bond acceptors (Lipinski definition) is 7. The summed E-state index contributed by atoms with van der Waals surface area (Å²) in [5.41, 5.74) is 5.69. The Morgan fingerprint density at radius 1 is 1.44 bits per heavy atom. The van der Waals surface area contributed by atoms with Crippen LogP contribution in [0.5, 0.6) is 5.75 Å². The molecule has 1 aromatic carbocycles. The molecule has 8 nitrogen and oxygen atoms in total. The maximum absolute atomic E-state index is 14.4. The second-order valence-corrected chi connectivity index (χ2v) is 7.61. The second kappa shape index (κ2) is 7.69. The minimum atomic E-state index is -1.59. The van der Waals surface area contributed by atoms with E-state index in [1.807, 2.05) is 24.3 Å². The molecule has 0 aliphatic carbocycles. The summed E-state index contributed by atoms with van der Waals surface area (Å²) < 4.78 is 37.8. The van der Waals surface area contributed by atoms with Crippen LogP contribution < -0.4 is 15.9 Å². The van der Waals surface area contributed by atoms with E-state index in [0.29, 0.717) is 12.4 Å². The van der Waals surface area contributed by atoms with Gasteiger partial charge in [0.25, 0.3) is 0 Å². The van der Waals surface area contributed by atoms with Crippen LogP contribution in [0.25, 0.3) is 0 Å². The highest BCUT2D eigenvalue weighted by molar-refractivity contribution is 7.42. The number of fused-ring (bicyclic) bond motifs is 1. The Morgan fingerprint density at radius 2 is 2.26 bits per heavy atom. The van der Waals surface area contributed by atoms with Crippen LogP contribution in [0.2, 0.25) is 5.02 Å². The summed E-state index contributed by atoms with van der Waals surface area (Å²) in [7, 11) is -1.59. The van der Waals surface area contributed by atoms with Gasteiger partial charge in [0.2, 0.25) is 0 Å². The van der Waals surface area contributed by atoms with Gasteiger partial charge in [-0.05, 0) is 6.07 Å². The minimum Gasteiger partial charge on any atom is -0.426 e. The number of halogens is 2.